The molecule has 0 aliphatic carbocycles. The highest BCUT2D eigenvalue weighted by Crippen LogP contribution is 2.31. The van der Waals surface area contributed by atoms with Crippen LogP contribution < -0.4 is 5.32 Å². The molecule has 2 atom stereocenters. The lowest BCUT2D eigenvalue weighted by Gasteiger charge is -2.40. The number of hydrogen-bond acceptors (Lipinski definition) is 5. The Balaban J connectivity index is 1.57. The van der Waals surface area contributed by atoms with Crippen LogP contribution in [0.4, 0.5) is 19.0 Å². The molecule has 1 aliphatic heterocycles. The molecule has 0 radical (unpaired) electrons. The summed E-state index contributed by atoms with van der Waals surface area (Å²) in [6, 6.07) is 7.88. The first-order valence-corrected chi connectivity index (χ1v) is 11.2. The number of piperidine rings is 1. The fourth-order valence-electron chi connectivity index (χ4n) is 4.34. The van der Waals surface area contributed by atoms with Gasteiger partial charge >= 0.3 is 6.18 Å². The van der Waals surface area contributed by atoms with Gasteiger partial charge in [0, 0.05) is 42.8 Å². The number of nitrogens with one attached hydrogen (secondary N) is 1. The Kier molecular flexibility index (Phi) is 6.81. The third-order valence-electron chi connectivity index (χ3n) is 6.20. The van der Waals surface area contributed by atoms with Crippen molar-refractivity contribution in [3.05, 3.63) is 71.8 Å². The van der Waals surface area contributed by atoms with Crippen molar-refractivity contribution in [1.82, 2.24) is 19.9 Å². The molecular formula is C25H26F3N5O. The Morgan fingerprint density at radius 1 is 1.15 bits per heavy atom. The third-order valence-corrected chi connectivity index (χ3v) is 6.20. The second kappa shape index (κ2) is 9.79. The van der Waals surface area contributed by atoms with Crippen molar-refractivity contribution in [3.63, 3.8) is 0 Å². The van der Waals surface area contributed by atoms with Crippen LogP contribution in [0.15, 0.2) is 55.1 Å². The van der Waals surface area contributed by atoms with Gasteiger partial charge in [-0.3, -0.25) is 14.8 Å². The first-order valence-electron chi connectivity index (χ1n) is 11.2. The van der Waals surface area contributed by atoms with Gasteiger partial charge < -0.3 is 10.2 Å². The molecule has 3 aromatic rings. The number of carbonyl (C=O) groups excluding carboxylic acids is 1. The number of nitrogens with zero attached hydrogens (tertiary/aromatic N) is 4. The number of anilines is 1. The van der Waals surface area contributed by atoms with Crippen molar-refractivity contribution < 1.29 is 18.0 Å². The van der Waals surface area contributed by atoms with Crippen molar-refractivity contribution in [2.45, 2.75) is 38.9 Å². The van der Waals surface area contributed by atoms with Crippen LogP contribution in [0.25, 0.3) is 11.3 Å². The van der Waals surface area contributed by atoms with Crippen molar-refractivity contribution >= 4 is 11.7 Å². The van der Waals surface area contributed by atoms with Gasteiger partial charge in [0.15, 0.2) is 0 Å². The Hall–Kier alpha value is -3.49. The topological polar surface area (TPSA) is 71.0 Å². The molecule has 9 heteroatoms. The van der Waals surface area contributed by atoms with Gasteiger partial charge in [0.05, 0.1) is 23.5 Å². The normalized spacial score (nSPS) is 18.6. The molecule has 1 aliphatic rings. The molecule has 2 aromatic heterocycles. The third kappa shape index (κ3) is 5.18. The number of hydrogen-bond donors (Lipinski definition) is 1. The molecule has 0 saturated carbocycles. The van der Waals surface area contributed by atoms with Gasteiger partial charge in [-0.2, -0.15) is 13.2 Å². The average Bonchev–Trinajstić information content (AvgIpc) is 2.83. The number of benzene rings is 1. The van der Waals surface area contributed by atoms with E-state index in [2.05, 4.69) is 27.2 Å². The molecule has 1 amide bonds. The molecule has 0 spiro atoms. The fourth-order valence-corrected chi connectivity index (χ4v) is 4.34. The minimum absolute atomic E-state index is 0.0944. The number of alkyl halides is 3. The van der Waals surface area contributed by atoms with Crippen molar-refractivity contribution in [3.8, 4) is 11.3 Å². The molecular weight excluding hydrogens is 443 g/mol. The van der Waals surface area contributed by atoms with E-state index in [9.17, 15) is 18.0 Å². The van der Waals surface area contributed by atoms with E-state index >= 15 is 0 Å². The SMILES string of the molecule is Cc1ccc(-c2cnccn2)c(C(=O)N2CCCC(C)[C@H]2CNc2ccc(C(F)(F)F)cn2)c1. The van der Waals surface area contributed by atoms with E-state index in [0.717, 1.165) is 36.2 Å². The first-order chi connectivity index (χ1) is 16.2. The maximum atomic E-state index is 13.8. The minimum atomic E-state index is -4.43. The van der Waals surface area contributed by atoms with E-state index in [-0.39, 0.29) is 17.9 Å². The number of aryl methyl sites for hydroxylation is 1. The molecule has 1 fully saturated rings. The standard InChI is InChI=1S/C25H26F3N5O/c1-16-5-7-19(21-14-29-9-10-30-21)20(12-16)24(34)33-11-3-4-17(2)22(33)15-32-23-8-6-18(13-31-23)25(26,27)28/h5-10,12-14,17,22H,3-4,11,15H2,1-2H3,(H,31,32)/t17?,22-/m1/s1. The van der Waals surface area contributed by atoms with Gasteiger partial charge in [-0.1, -0.05) is 24.6 Å². The molecule has 34 heavy (non-hydrogen) atoms. The summed E-state index contributed by atoms with van der Waals surface area (Å²) in [6.07, 6.45) is 3.04. The summed E-state index contributed by atoms with van der Waals surface area (Å²) in [5.41, 5.74) is 2.08. The number of pyridine rings is 1. The predicted molar refractivity (Wildman–Crippen MR) is 123 cm³/mol. The lowest BCUT2D eigenvalue weighted by atomic mass is 9.89. The van der Waals surface area contributed by atoms with Crippen molar-refractivity contribution in [2.75, 3.05) is 18.4 Å². The number of halogens is 3. The number of amides is 1. The van der Waals surface area contributed by atoms with Crippen LogP contribution >= 0.6 is 0 Å². The van der Waals surface area contributed by atoms with E-state index in [1.807, 2.05) is 30.0 Å². The van der Waals surface area contributed by atoms with Gasteiger partial charge in [0.25, 0.3) is 5.91 Å². The largest absolute Gasteiger partial charge is 0.417 e. The molecule has 3 heterocycles. The lowest BCUT2D eigenvalue weighted by molar-refractivity contribution is -0.137. The Bertz CT molecular complexity index is 1140. The van der Waals surface area contributed by atoms with Gasteiger partial charge in [-0.25, -0.2) is 4.98 Å². The van der Waals surface area contributed by atoms with Gasteiger partial charge in [0.1, 0.15) is 5.82 Å². The molecule has 1 saturated heterocycles. The highest BCUT2D eigenvalue weighted by atomic mass is 19.4. The summed E-state index contributed by atoms with van der Waals surface area (Å²) in [6.45, 7) is 5.01. The van der Waals surface area contributed by atoms with Crippen LogP contribution in [0.5, 0.6) is 0 Å². The number of rotatable bonds is 5. The summed E-state index contributed by atoms with van der Waals surface area (Å²) in [7, 11) is 0. The molecule has 1 unspecified atom stereocenters. The molecule has 6 nitrogen and oxygen atoms in total. The first kappa shape index (κ1) is 23.7. The van der Waals surface area contributed by atoms with E-state index < -0.39 is 11.7 Å². The molecule has 0 bridgehead atoms. The number of likely N-dealkylation sites (tertiary alicyclic amines) is 1. The van der Waals surface area contributed by atoms with Crippen LogP contribution in [0, 0.1) is 12.8 Å². The van der Waals surface area contributed by atoms with Crippen LogP contribution in [0.2, 0.25) is 0 Å². The molecule has 1 N–H and O–H groups in total. The zero-order valence-corrected chi connectivity index (χ0v) is 19.0. The van der Waals surface area contributed by atoms with Crippen LogP contribution in [0.3, 0.4) is 0 Å². The van der Waals surface area contributed by atoms with E-state index in [4.69, 9.17) is 0 Å². The monoisotopic (exact) mass is 469 g/mol. The maximum absolute atomic E-state index is 13.8. The van der Waals surface area contributed by atoms with Gasteiger partial charge in [0.2, 0.25) is 0 Å². The van der Waals surface area contributed by atoms with Gasteiger partial charge in [-0.05, 0) is 43.9 Å². The summed E-state index contributed by atoms with van der Waals surface area (Å²) < 4.78 is 38.5. The van der Waals surface area contributed by atoms with Crippen LogP contribution in [-0.4, -0.2) is 44.9 Å². The maximum Gasteiger partial charge on any atom is 0.417 e. The Morgan fingerprint density at radius 2 is 1.97 bits per heavy atom. The lowest BCUT2D eigenvalue weighted by Crippen LogP contribution is -2.51. The highest BCUT2D eigenvalue weighted by molar-refractivity contribution is 6.01. The van der Waals surface area contributed by atoms with Gasteiger partial charge in [-0.15, -0.1) is 0 Å². The molecule has 4 rings (SSSR count). The number of carbonyl (C=O) groups is 1. The average molecular weight is 470 g/mol. The zero-order chi connectivity index (χ0) is 24.3. The molecule has 1 aromatic carbocycles. The second-order valence-corrected chi connectivity index (χ2v) is 8.64. The summed E-state index contributed by atoms with van der Waals surface area (Å²) in [4.78, 5) is 28.0. The minimum Gasteiger partial charge on any atom is -0.368 e. The van der Waals surface area contributed by atoms with E-state index in [1.165, 1.54) is 6.07 Å². The summed E-state index contributed by atoms with van der Waals surface area (Å²) in [5, 5.41) is 3.12. The molecule has 178 valence electrons. The fraction of sp³-hybridized carbons (Fsp3) is 0.360. The van der Waals surface area contributed by atoms with E-state index in [1.54, 1.807) is 18.6 Å². The highest BCUT2D eigenvalue weighted by Gasteiger charge is 2.34. The quantitative estimate of drug-likeness (QED) is 0.555. The second-order valence-electron chi connectivity index (χ2n) is 8.64. The number of aromatic nitrogens is 3. The predicted octanol–water partition coefficient (Wildman–Crippen LogP) is 5.22. The van der Waals surface area contributed by atoms with Crippen molar-refractivity contribution in [2.24, 2.45) is 5.92 Å². The summed E-state index contributed by atoms with van der Waals surface area (Å²) in [5.74, 6) is 0.460. The van der Waals surface area contributed by atoms with Crippen LogP contribution in [-0.2, 0) is 6.18 Å². The summed E-state index contributed by atoms with van der Waals surface area (Å²) >= 11 is 0. The zero-order valence-electron chi connectivity index (χ0n) is 19.0. The Labute approximate surface area is 196 Å². The smallest absolute Gasteiger partial charge is 0.368 e. The Morgan fingerprint density at radius 3 is 2.65 bits per heavy atom. The van der Waals surface area contributed by atoms with Crippen LogP contribution in [0.1, 0.15) is 41.3 Å². The van der Waals surface area contributed by atoms with Crippen molar-refractivity contribution in [1.29, 1.82) is 0 Å². The van der Waals surface area contributed by atoms with E-state index in [0.29, 0.717) is 30.2 Å².